The number of aromatic nitrogens is 2. The van der Waals surface area contributed by atoms with Crippen molar-refractivity contribution in [2.75, 3.05) is 0 Å². The van der Waals surface area contributed by atoms with Crippen LogP contribution >= 0.6 is 24.2 Å². The Balaban J connectivity index is 0.00000240. The summed E-state index contributed by atoms with van der Waals surface area (Å²) in [5.74, 6) is 0.508. The third-order valence-corrected chi connectivity index (χ3v) is 4.77. The Labute approximate surface area is 175 Å². The van der Waals surface area contributed by atoms with E-state index in [-0.39, 0.29) is 18.1 Å². The minimum absolute atomic E-state index is 0. The fourth-order valence-corrected chi connectivity index (χ4v) is 3.39. The summed E-state index contributed by atoms with van der Waals surface area (Å²) < 4.78 is 5.77. The molecule has 29 heavy (non-hydrogen) atoms. The number of H-pyrrole nitrogens is 1. The highest BCUT2D eigenvalue weighted by molar-refractivity contribution is 7.99. The molecule has 2 aromatic heterocycles. The van der Waals surface area contributed by atoms with Crippen molar-refractivity contribution in [2.45, 2.75) is 10.2 Å². The number of furan rings is 1. The van der Waals surface area contributed by atoms with Crippen LogP contribution in [0.25, 0.3) is 22.7 Å². The number of nitrogens with zero attached hydrogens (tertiary/aromatic N) is 3. The predicted octanol–water partition coefficient (Wildman–Crippen LogP) is 5.70. The zero-order valence-electron chi connectivity index (χ0n) is 14.7. The van der Waals surface area contributed by atoms with Crippen molar-refractivity contribution in [3.05, 3.63) is 82.1 Å². The number of halogens is 1. The Morgan fingerprint density at radius 3 is 2.62 bits per heavy atom. The van der Waals surface area contributed by atoms with E-state index in [1.165, 1.54) is 23.9 Å². The summed E-state index contributed by atoms with van der Waals surface area (Å²) >= 11 is 1.35. The third kappa shape index (κ3) is 4.48. The molecule has 0 unspecified atom stereocenters. The van der Waals surface area contributed by atoms with E-state index >= 15 is 0 Å². The van der Waals surface area contributed by atoms with Crippen molar-refractivity contribution >= 4 is 52.5 Å². The lowest BCUT2D eigenvalue weighted by Gasteiger charge is -1.98. The average molecular weight is 425 g/mol. The smallest absolute Gasteiger partial charge is 0.269 e. The second-order valence-corrected chi connectivity index (χ2v) is 6.78. The molecule has 144 valence electrons. The van der Waals surface area contributed by atoms with Gasteiger partial charge in [-0.1, -0.05) is 12.1 Å². The summed E-state index contributed by atoms with van der Waals surface area (Å²) in [6.45, 7) is 0. The number of fused-ring (bicyclic) bond motifs is 1. The van der Waals surface area contributed by atoms with Gasteiger partial charge < -0.3 is 9.40 Å². The molecule has 0 amide bonds. The topological polar surface area (TPSA) is 109 Å². The molecule has 0 saturated carbocycles. The summed E-state index contributed by atoms with van der Waals surface area (Å²) in [4.78, 5) is 18.0. The largest absolute Gasteiger partial charge is 0.450 e. The monoisotopic (exact) mass is 424 g/mol. The van der Waals surface area contributed by atoms with E-state index in [1.807, 2.05) is 24.3 Å². The molecule has 2 aromatic carbocycles. The molecular formula is C20H13ClN4O3S. The van der Waals surface area contributed by atoms with Gasteiger partial charge in [0, 0.05) is 12.1 Å². The van der Waals surface area contributed by atoms with Gasteiger partial charge in [-0.15, -0.1) is 12.4 Å². The molecule has 0 bridgehead atoms. The summed E-state index contributed by atoms with van der Waals surface area (Å²) in [7, 11) is 0. The van der Waals surface area contributed by atoms with Crippen LogP contribution in [0.4, 0.5) is 5.69 Å². The number of non-ortho nitro benzene ring substituents is 1. The Hall–Kier alpha value is -3.54. The Morgan fingerprint density at radius 2 is 1.93 bits per heavy atom. The number of nitro benzene ring substituents is 1. The van der Waals surface area contributed by atoms with Crippen LogP contribution in [0.1, 0.15) is 11.3 Å². The van der Waals surface area contributed by atoms with E-state index in [0.717, 1.165) is 11.0 Å². The molecule has 0 aliphatic heterocycles. The fraction of sp³-hybridized carbons (Fsp3) is 0. The quantitative estimate of drug-likeness (QED) is 0.250. The van der Waals surface area contributed by atoms with Gasteiger partial charge in [-0.3, -0.25) is 10.1 Å². The Kier molecular flexibility index (Phi) is 6.02. The minimum atomic E-state index is -0.479. The first kappa shape index (κ1) is 20.2. The lowest BCUT2D eigenvalue weighted by Crippen LogP contribution is -1.88. The van der Waals surface area contributed by atoms with E-state index in [1.54, 1.807) is 30.3 Å². The first-order valence-electron chi connectivity index (χ1n) is 8.21. The van der Waals surface area contributed by atoms with Gasteiger partial charge >= 0.3 is 0 Å². The number of hydrogen-bond donors (Lipinski definition) is 1. The van der Waals surface area contributed by atoms with Crippen molar-refractivity contribution in [2.24, 2.45) is 0 Å². The fourth-order valence-electron chi connectivity index (χ4n) is 2.62. The van der Waals surface area contributed by atoms with Gasteiger partial charge in [0.15, 0.2) is 10.2 Å². The number of imidazole rings is 1. The number of benzene rings is 2. The van der Waals surface area contributed by atoms with Crippen LogP contribution in [0.15, 0.2) is 75.3 Å². The second-order valence-electron chi connectivity index (χ2n) is 5.79. The van der Waals surface area contributed by atoms with Gasteiger partial charge in [-0.25, -0.2) is 4.98 Å². The van der Waals surface area contributed by atoms with Crippen molar-refractivity contribution < 1.29 is 9.34 Å². The molecule has 0 fully saturated rings. The van der Waals surface area contributed by atoms with Crippen LogP contribution in [0, 0.1) is 21.4 Å². The second kappa shape index (κ2) is 8.65. The molecule has 2 heterocycles. The Bertz CT molecular complexity index is 1210. The van der Waals surface area contributed by atoms with Crippen molar-refractivity contribution in [1.82, 2.24) is 9.97 Å². The van der Waals surface area contributed by atoms with Crippen molar-refractivity contribution in [3.8, 4) is 6.07 Å². The van der Waals surface area contributed by atoms with Crippen LogP contribution in [0.5, 0.6) is 0 Å². The van der Waals surface area contributed by atoms with Crippen molar-refractivity contribution in [3.63, 3.8) is 0 Å². The van der Waals surface area contributed by atoms with Gasteiger partial charge in [-0.05, 0) is 59.8 Å². The van der Waals surface area contributed by atoms with Crippen molar-refractivity contribution in [1.29, 1.82) is 5.26 Å². The number of nitro groups is 1. The molecule has 7 nitrogen and oxygen atoms in total. The predicted molar refractivity (Wildman–Crippen MR) is 113 cm³/mol. The lowest BCUT2D eigenvalue weighted by molar-refractivity contribution is -0.384. The maximum absolute atomic E-state index is 10.8. The minimum Gasteiger partial charge on any atom is -0.450 e. The first-order valence-corrected chi connectivity index (χ1v) is 9.03. The molecule has 4 rings (SSSR count). The molecular weight excluding hydrogens is 412 g/mol. The van der Waals surface area contributed by atoms with Crippen LogP contribution in [-0.2, 0) is 0 Å². The van der Waals surface area contributed by atoms with Crippen LogP contribution in [0.2, 0.25) is 0 Å². The molecule has 1 N–H and O–H groups in total. The number of para-hydroxylation sites is 2. The van der Waals surface area contributed by atoms with E-state index in [0.29, 0.717) is 27.1 Å². The number of nitriles is 1. The molecule has 4 aromatic rings. The molecule has 0 spiro atoms. The molecule has 0 aliphatic rings. The lowest BCUT2D eigenvalue weighted by atomic mass is 10.1. The molecule has 9 heteroatoms. The highest BCUT2D eigenvalue weighted by Crippen LogP contribution is 2.30. The molecule has 0 aliphatic carbocycles. The SMILES string of the molecule is Cl.N#C/C(=C/c1ccc(Sc2nc3ccccc3[nH]2)o1)c1ccc([N+](=O)[O-])cc1. The maximum Gasteiger partial charge on any atom is 0.269 e. The highest BCUT2D eigenvalue weighted by atomic mass is 35.5. The standard InChI is InChI=1S/C20H12N4O3S.ClH/c21-12-14(13-5-7-15(8-6-13)24(25)26)11-16-9-10-19(27-16)28-20-22-17-3-1-2-4-18(17)23-20;/h1-11H,(H,22,23);1H/b14-11-;. The van der Waals surface area contributed by atoms with Crippen LogP contribution in [-0.4, -0.2) is 14.9 Å². The summed E-state index contributed by atoms with van der Waals surface area (Å²) in [5, 5.41) is 21.5. The number of hydrogen-bond acceptors (Lipinski definition) is 6. The van der Waals surface area contributed by atoms with Gasteiger partial charge in [-0.2, -0.15) is 5.26 Å². The third-order valence-electron chi connectivity index (χ3n) is 3.96. The van der Waals surface area contributed by atoms with Gasteiger partial charge in [0.1, 0.15) is 5.76 Å². The summed E-state index contributed by atoms with van der Waals surface area (Å²) in [6.07, 6.45) is 1.60. The van der Waals surface area contributed by atoms with E-state index in [9.17, 15) is 15.4 Å². The molecule has 0 atom stereocenters. The Morgan fingerprint density at radius 1 is 1.17 bits per heavy atom. The zero-order valence-corrected chi connectivity index (χ0v) is 16.4. The number of aromatic amines is 1. The average Bonchev–Trinajstić information content (AvgIpc) is 3.32. The normalized spacial score (nSPS) is 11.1. The number of rotatable bonds is 5. The summed E-state index contributed by atoms with van der Waals surface area (Å²) in [5.41, 5.74) is 2.73. The molecule has 0 radical (unpaired) electrons. The van der Waals surface area contributed by atoms with Crippen LogP contribution in [0.3, 0.4) is 0 Å². The first-order chi connectivity index (χ1) is 13.6. The van der Waals surface area contributed by atoms with E-state index < -0.39 is 4.92 Å². The number of nitrogens with one attached hydrogen (secondary N) is 1. The summed E-state index contributed by atoms with van der Waals surface area (Å²) in [6, 6.07) is 19.2. The van der Waals surface area contributed by atoms with Gasteiger partial charge in [0.25, 0.3) is 5.69 Å². The van der Waals surface area contributed by atoms with Crippen LogP contribution < -0.4 is 0 Å². The number of allylic oxidation sites excluding steroid dienone is 1. The molecule has 0 saturated heterocycles. The maximum atomic E-state index is 10.8. The van der Waals surface area contributed by atoms with Gasteiger partial charge in [0.05, 0.1) is 27.6 Å². The van der Waals surface area contributed by atoms with Gasteiger partial charge in [0.2, 0.25) is 0 Å². The zero-order chi connectivity index (χ0) is 19.5. The van der Waals surface area contributed by atoms with E-state index in [2.05, 4.69) is 16.0 Å². The van der Waals surface area contributed by atoms with E-state index in [4.69, 9.17) is 4.42 Å². The highest BCUT2D eigenvalue weighted by Gasteiger charge is 2.10.